The van der Waals surface area contributed by atoms with E-state index in [2.05, 4.69) is 4.72 Å². The first-order valence-corrected chi connectivity index (χ1v) is 6.68. The van der Waals surface area contributed by atoms with Crippen molar-refractivity contribution >= 4 is 15.7 Å². The largest absolute Gasteiger partial charge is 0.398 e. The Balaban J connectivity index is 2.98. The van der Waals surface area contributed by atoms with Crippen LogP contribution in [-0.2, 0) is 10.0 Å². The molecule has 0 saturated heterocycles. The van der Waals surface area contributed by atoms with E-state index in [1.54, 1.807) is 12.1 Å². The summed E-state index contributed by atoms with van der Waals surface area (Å²) in [7, 11) is -3.68. The quantitative estimate of drug-likeness (QED) is 0.690. The Hall–Kier alpha value is -1.11. The van der Waals surface area contributed by atoms with Gasteiger partial charge in [0.15, 0.2) is 0 Å². The van der Waals surface area contributed by atoms with Crippen molar-refractivity contribution in [1.29, 1.82) is 0 Å². The van der Waals surface area contributed by atoms with Gasteiger partial charge >= 0.3 is 0 Å². The zero-order valence-corrected chi connectivity index (χ0v) is 11.0. The second kappa shape index (κ2) is 4.64. The molecule has 0 aromatic heterocycles. The molecular weight excluding hydrogens is 240 g/mol. The third kappa shape index (κ3) is 3.99. The fraction of sp³-hybridized carbons (Fsp3) is 0.455. The lowest BCUT2D eigenvalue weighted by Crippen LogP contribution is -2.38. The standard InChI is InChI=1S/C11H18N2O3S/c1-8-4-5-10(9(12)6-8)17(15,16)13-7-11(2,3)14/h4-6,13-14H,7,12H2,1-3H3. The van der Waals surface area contributed by atoms with Gasteiger partial charge in [0.25, 0.3) is 0 Å². The van der Waals surface area contributed by atoms with Crippen LogP contribution in [0, 0.1) is 6.92 Å². The molecule has 5 nitrogen and oxygen atoms in total. The summed E-state index contributed by atoms with van der Waals surface area (Å²) in [6, 6.07) is 4.73. The lowest BCUT2D eigenvalue weighted by atomic mass is 10.1. The van der Waals surface area contributed by atoms with Gasteiger partial charge in [0.2, 0.25) is 10.0 Å². The molecule has 1 rings (SSSR count). The number of nitrogen functional groups attached to an aromatic ring is 1. The molecule has 0 spiro atoms. The number of benzene rings is 1. The molecule has 0 aliphatic rings. The third-order valence-electron chi connectivity index (χ3n) is 2.15. The van der Waals surface area contributed by atoms with Crippen LogP contribution in [0.3, 0.4) is 0 Å². The highest BCUT2D eigenvalue weighted by atomic mass is 32.2. The number of rotatable bonds is 4. The van der Waals surface area contributed by atoms with Crippen LogP contribution < -0.4 is 10.5 Å². The van der Waals surface area contributed by atoms with Crippen molar-refractivity contribution in [2.45, 2.75) is 31.3 Å². The molecule has 0 aliphatic carbocycles. The Morgan fingerprint density at radius 2 is 2.00 bits per heavy atom. The van der Waals surface area contributed by atoms with Crippen molar-refractivity contribution in [3.63, 3.8) is 0 Å². The smallest absolute Gasteiger partial charge is 0.242 e. The minimum absolute atomic E-state index is 0.0346. The van der Waals surface area contributed by atoms with Crippen LogP contribution in [0.4, 0.5) is 5.69 Å². The highest BCUT2D eigenvalue weighted by molar-refractivity contribution is 7.89. The van der Waals surface area contributed by atoms with Gasteiger partial charge in [-0.25, -0.2) is 13.1 Å². The van der Waals surface area contributed by atoms with Crippen LogP contribution in [0.15, 0.2) is 23.1 Å². The fourth-order valence-electron chi connectivity index (χ4n) is 1.26. The molecule has 0 radical (unpaired) electrons. The van der Waals surface area contributed by atoms with Crippen molar-refractivity contribution in [1.82, 2.24) is 4.72 Å². The number of anilines is 1. The summed E-state index contributed by atoms with van der Waals surface area (Å²) in [6.45, 7) is 4.81. The van der Waals surface area contributed by atoms with E-state index in [4.69, 9.17) is 5.73 Å². The van der Waals surface area contributed by atoms with Crippen LogP contribution in [0.1, 0.15) is 19.4 Å². The van der Waals surface area contributed by atoms with Gasteiger partial charge in [0.1, 0.15) is 4.90 Å². The van der Waals surface area contributed by atoms with Gasteiger partial charge in [-0.3, -0.25) is 0 Å². The first-order chi connectivity index (χ1) is 7.62. The van der Waals surface area contributed by atoms with Gasteiger partial charge in [-0.2, -0.15) is 0 Å². The molecule has 96 valence electrons. The van der Waals surface area contributed by atoms with E-state index in [-0.39, 0.29) is 17.1 Å². The van der Waals surface area contributed by atoms with Gasteiger partial charge < -0.3 is 10.8 Å². The molecule has 0 atom stereocenters. The number of aryl methyl sites for hydroxylation is 1. The molecule has 1 aromatic carbocycles. The van der Waals surface area contributed by atoms with Crippen molar-refractivity contribution in [2.24, 2.45) is 0 Å². The Labute approximate surface area is 102 Å². The molecule has 0 unspecified atom stereocenters. The van der Waals surface area contributed by atoms with Crippen LogP contribution in [-0.4, -0.2) is 25.7 Å². The van der Waals surface area contributed by atoms with E-state index >= 15 is 0 Å². The second-order valence-electron chi connectivity index (χ2n) is 4.68. The number of hydrogen-bond acceptors (Lipinski definition) is 4. The molecule has 0 bridgehead atoms. The van der Waals surface area contributed by atoms with Gasteiger partial charge in [0, 0.05) is 6.54 Å². The third-order valence-corrected chi connectivity index (χ3v) is 3.62. The molecule has 17 heavy (non-hydrogen) atoms. The maximum Gasteiger partial charge on any atom is 0.242 e. The van der Waals surface area contributed by atoms with Crippen molar-refractivity contribution < 1.29 is 13.5 Å². The molecule has 0 saturated carbocycles. The minimum Gasteiger partial charge on any atom is -0.398 e. The predicted molar refractivity (Wildman–Crippen MR) is 67.1 cm³/mol. The second-order valence-corrected chi connectivity index (χ2v) is 6.41. The number of hydrogen-bond donors (Lipinski definition) is 3. The van der Waals surface area contributed by atoms with Crippen LogP contribution in [0.2, 0.25) is 0 Å². The highest BCUT2D eigenvalue weighted by Gasteiger charge is 2.21. The van der Waals surface area contributed by atoms with Crippen molar-refractivity contribution in [2.75, 3.05) is 12.3 Å². The number of nitrogens with two attached hydrogens (primary N) is 1. The predicted octanol–water partition coefficient (Wildman–Crippen LogP) is 0.626. The Morgan fingerprint density at radius 1 is 1.41 bits per heavy atom. The zero-order chi connectivity index (χ0) is 13.3. The van der Waals surface area contributed by atoms with Crippen molar-refractivity contribution in [3.8, 4) is 0 Å². The Bertz CT molecular complexity index is 504. The van der Waals surface area contributed by atoms with Gasteiger partial charge in [-0.1, -0.05) is 6.07 Å². The van der Waals surface area contributed by atoms with E-state index in [1.165, 1.54) is 19.9 Å². The summed E-state index contributed by atoms with van der Waals surface area (Å²) < 4.78 is 26.1. The molecule has 6 heteroatoms. The molecule has 0 fully saturated rings. The van der Waals surface area contributed by atoms with E-state index in [9.17, 15) is 13.5 Å². The average molecular weight is 258 g/mol. The molecule has 0 amide bonds. The number of sulfonamides is 1. The van der Waals surface area contributed by atoms with E-state index in [0.717, 1.165) is 5.56 Å². The molecular formula is C11H18N2O3S. The summed E-state index contributed by atoms with van der Waals surface area (Å²) in [5.41, 5.74) is 5.66. The normalized spacial score (nSPS) is 12.7. The molecule has 4 N–H and O–H groups in total. The summed E-state index contributed by atoms with van der Waals surface area (Å²) in [5, 5.41) is 9.48. The topological polar surface area (TPSA) is 92.4 Å². The molecule has 0 heterocycles. The minimum atomic E-state index is -3.68. The first-order valence-electron chi connectivity index (χ1n) is 5.20. The average Bonchev–Trinajstić information content (AvgIpc) is 2.13. The van der Waals surface area contributed by atoms with Crippen LogP contribution in [0.5, 0.6) is 0 Å². The van der Waals surface area contributed by atoms with Crippen LogP contribution in [0.25, 0.3) is 0 Å². The molecule has 1 aromatic rings. The summed E-state index contributed by atoms with van der Waals surface area (Å²) in [4.78, 5) is 0.0346. The van der Waals surface area contributed by atoms with Gasteiger partial charge in [-0.05, 0) is 38.5 Å². The lowest BCUT2D eigenvalue weighted by molar-refractivity contribution is 0.0857. The lowest BCUT2D eigenvalue weighted by Gasteiger charge is -2.18. The summed E-state index contributed by atoms with van der Waals surface area (Å²) >= 11 is 0. The highest BCUT2D eigenvalue weighted by Crippen LogP contribution is 2.19. The monoisotopic (exact) mass is 258 g/mol. The fourth-order valence-corrected chi connectivity index (χ4v) is 2.58. The zero-order valence-electron chi connectivity index (χ0n) is 10.2. The van der Waals surface area contributed by atoms with Crippen molar-refractivity contribution in [3.05, 3.63) is 23.8 Å². The SMILES string of the molecule is Cc1ccc(S(=O)(=O)NCC(C)(C)O)c(N)c1. The molecule has 0 aliphatic heterocycles. The van der Waals surface area contributed by atoms with Gasteiger partial charge in [0.05, 0.1) is 11.3 Å². The Kier molecular flexibility index (Phi) is 3.81. The van der Waals surface area contributed by atoms with E-state index < -0.39 is 15.6 Å². The maximum absolute atomic E-state index is 11.9. The maximum atomic E-state index is 11.9. The number of nitrogens with one attached hydrogen (secondary N) is 1. The van der Waals surface area contributed by atoms with Gasteiger partial charge in [-0.15, -0.1) is 0 Å². The number of aliphatic hydroxyl groups is 1. The Morgan fingerprint density at radius 3 is 2.47 bits per heavy atom. The van der Waals surface area contributed by atoms with E-state index in [1.807, 2.05) is 6.92 Å². The van der Waals surface area contributed by atoms with Crippen LogP contribution >= 0.6 is 0 Å². The summed E-state index contributed by atoms with van der Waals surface area (Å²) in [6.07, 6.45) is 0. The van der Waals surface area contributed by atoms with E-state index in [0.29, 0.717) is 0 Å². The first kappa shape index (κ1) is 14.0. The summed E-state index contributed by atoms with van der Waals surface area (Å²) in [5.74, 6) is 0.